The summed E-state index contributed by atoms with van der Waals surface area (Å²) in [5, 5.41) is 3.28. The van der Waals surface area contributed by atoms with Crippen LogP contribution in [-0.2, 0) is 26.2 Å². The minimum Gasteiger partial charge on any atom is -0.350 e. The van der Waals surface area contributed by atoms with Gasteiger partial charge in [0.15, 0.2) is 0 Å². The third kappa shape index (κ3) is 7.70. The molecule has 0 aromatic heterocycles. The number of carbonyl (C=O) groups is 2. The molecule has 2 amide bonds. The van der Waals surface area contributed by atoms with Gasteiger partial charge in [-0.05, 0) is 76.1 Å². The molecule has 10 heteroatoms. The summed E-state index contributed by atoms with van der Waals surface area (Å²) in [6, 6.07) is 9.33. The number of amides is 2. The van der Waals surface area contributed by atoms with Gasteiger partial charge in [0.2, 0.25) is 21.8 Å². The lowest BCUT2D eigenvalue weighted by molar-refractivity contribution is -0.140. The fourth-order valence-electron chi connectivity index (χ4n) is 3.34. The number of benzene rings is 2. The monoisotopic (exact) mass is 511 g/mol. The van der Waals surface area contributed by atoms with Gasteiger partial charge in [-0.25, -0.2) is 12.8 Å². The van der Waals surface area contributed by atoms with Crippen LogP contribution in [0.4, 0.5) is 10.1 Å². The van der Waals surface area contributed by atoms with E-state index >= 15 is 0 Å². The Kier molecular flexibility index (Phi) is 8.71. The van der Waals surface area contributed by atoms with Crippen molar-refractivity contribution in [3.8, 4) is 0 Å². The molecule has 1 N–H and O–H groups in total. The highest BCUT2D eigenvalue weighted by Gasteiger charge is 2.31. The Bertz CT molecular complexity index is 1150. The van der Waals surface area contributed by atoms with Crippen molar-refractivity contribution in [2.45, 2.75) is 52.7 Å². The lowest BCUT2D eigenvalue weighted by Crippen LogP contribution is -2.54. The van der Waals surface area contributed by atoms with Gasteiger partial charge in [-0.15, -0.1) is 0 Å². The van der Waals surface area contributed by atoms with Gasteiger partial charge in [0.25, 0.3) is 0 Å². The number of hydrogen-bond donors (Lipinski definition) is 1. The molecule has 0 radical (unpaired) electrons. The van der Waals surface area contributed by atoms with E-state index in [-0.39, 0.29) is 6.54 Å². The van der Waals surface area contributed by atoms with Crippen LogP contribution in [0.2, 0.25) is 5.02 Å². The van der Waals surface area contributed by atoms with Gasteiger partial charge in [0.1, 0.15) is 18.4 Å². The summed E-state index contributed by atoms with van der Waals surface area (Å²) in [4.78, 5) is 27.6. The van der Waals surface area contributed by atoms with E-state index in [1.165, 1.54) is 35.2 Å². The van der Waals surface area contributed by atoms with Crippen molar-refractivity contribution < 1.29 is 22.4 Å². The second-order valence-electron chi connectivity index (χ2n) is 9.26. The Balaban J connectivity index is 2.43. The zero-order chi connectivity index (χ0) is 25.8. The van der Waals surface area contributed by atoms with Crippen molar-refractivity contribution in [3.05, 3.63) is 64.4 Å². The minimum absolute atomic E-state index is 0.00492. The molecular weight excluding hydrogens is 481 g/mol. The number of aryl methyl sites for hydroxylation is 1. The molecular formula is C24H31ClFN3O4S. The van der Waals surface area contributed by atoms with Crippen molar-refractivity contribution in [1.29, 1.82) is 0 Å². The zero-order valence-electron chi connectivity index (χ0n) is 20.2. The normalized spacial score (nSPS) is 12.7. The highest BCUT2D eigenvalue weighted by Crippen LogP contribution is 2.26. The Labute approximate surface area is 205 Å². The molecule has 0 saturated heterocycles. The van der Waals surface area contributed by atoms with Crippen molar-refractivity contribution in [2.75, 3.05) is 17.1 Å². The molecule has 0 fully saturated rings. The quantitative estimate of drug-likeness (QED) is 0.582. The molecule has 34 heavy (non-hydrogen) atoms. The number of nitrogens with zero attached hydrogens (tertiary/aromatic N) is 2. The van der Waals surface area contributed by atoms with Crippen LogP contribution in [0, 0.1) is 12.7 Å². The molecule has 0 saturated carbocycles. The fraction of sp³-hybridized carbons (Fsp3) is 0.417. The Morgan fingerprint density at radius 3 is 2.21 bits per heavy atom. The first-order chi connectivity index (χ1) is 15.6. The summed E-state index contributed by atoms with van der Waals surface area (Å²) in [5.41, 5.74) is 0.955. The van der Waals surface area contributed by atoms with Crippen LogP contribution in [-0.4, -0.2) is 49.5 Å². The smallest absolute Gasteiger partial charge is 0.244 e. The molecule has 0 aliphatic heterocycles. The lowest BCUT2D eigenvalue weighted by atomic mass is 10.1. The van der Waals surface area contributed by atoms with Gasteiger partial charge < -0.3 is 10.2 Å². The molecule has 0 heterocycles. The molecule has 2 rings (SSSR count). The first-order valence-corrected chi connectivity index (χ1v) is 12.9. The van der Waals surface area contributed by atoms with E-state index in [4.69, 9.17) is 11.6 Å². The van der Waals surface area contributed by atoms with Crippen molar-refractivity contribution in [1.82, 2.24) is 10.2 Å². The van der Waals surface area contributed by atoms with Crippen molar-refractivity contribution in [2.24, 2.45) is 0 Å². The summed E-state index contributed by atoms with van der Waals surface area (Å²) in [5.74, 6) is -1.40. The Morgan fingerprint density at radius 2 is 1.71 bits per heavy atom. The van der Waals surface area contributed by atoms with E-state index in [0.29, 0.717) is 21.8 Å². The average molecular weight is 512 g/mol. The summed E-state index contributed by atoms with van der Waals surface area (Å²) in [6.07, 6.45) is 1.01. The predicted octanol–water partition coefficient (Wildman–Crippen LogP) is 3.89. The van der Waals surface area contributed by atoms with Gasteiger partial charge in [-0.1, -0.05) is 23.7 Å². The summed E-state index contributed by atoms with van der Waals surface area (Å²) in [7, 11) is -3.84. The van der Waals surface area contributed by atoms with Crippen LogP contribution < -0.4 is 9.62 Å². The van der Waals surface area contributed by atoms with Crippen LogP contribution in [0.15, 0.2) is 42.5 Å². The minimum atomic E-state index is -3.84. The average Bonchev–Trinajstić information content (AvgIpc) is 2.69. The van der Waals surface area contributed by atoms with E-state index in [1.54, 1.807) is 26.0 Å². The second kappa shape index (κ2) is 10.7. The number of nitrogens with one attached hydrogen (secondary N) is 1. The number of sulfonamides is 1. The predicted molar refractivity (Wildman–Crippen MR) is 133 cm³/mol. The first-order valence-electron chi connectivity index (χ1n) is 10.7. The highest BCUT2D eigenvalue weighted by atomic mass is 35.5. The maximum absolute atomic E-state index is 13.5. The van der Waals surface area contributed by atoms with Crippen LogP contribution in [0.5, 0.6) is 0 Å². The van der Waals surface area contributed by atoms with Crippen molar-refractivity contribution in [3.63, 3.8) is 0 Å². The SMILES string of the molecule is Cc1cc(Cl)ccc1N(CC(=O)N(Cc1ccc(F)cc1)[C@H](C)C(=O)NC(C)(C)C)S(C)(=O)=O. The van der Waals surface area contributed by atoms with Gasteiger partial charge in [0.05, 0.1) is 11.9 Å². The number of halogens is 2. The molecule has 0 bridgehead atoms. The van der Waals surface area contributed by atoms with E-state index in [2.05, 4.69) is 5.32 Å². The summed E-state index contributed by atoms with van der Waals surface area (Å²) >= 11 is 6.01. The fourth-order valence-corrected chi connectivity index (χ4v) is 4.47. The van der Waals surface area contributed by atoms with Crippen LogP contribution in [0.3, 0.4) is 0 Å². The molecule has 7 nitrogen and oxygen atoms in total. The molecule has 0 spiro atoms. The number of anilines is 1. The van der Waals surface area contributed by atoms with Gasteiger partial charge >= 0.3 is 0 Å². The lowest BCUT2D eigenvalue weighted by Gasteiger charge is -2.33. The van der Waals surface area contributed by atoms with Gasteiger partial charge in [-0.2, -0.15) is 0 Å². The van der Waals surface area contributed by atoms with E-state index in [9.17, 15) is 22.4 Å². The molecule has 2 aromatic carbocycles. The molecule has 0 aliphatic rings. The van der Waals surface area contributed by atoms with Gasteiger partial charge in [-0.3, -0.25) is 13.9 Å². The van der Waals surface area contributed by atoms with E-state index < -0.39 is 45.8 Å². The van der Waals surface area contributed by atoms with E-state index in [0.717, 1.165) is 10.6 Å². The summed E-state index contributed by atoms with van der Waals surface area (Å²) in [6.45, 7) is 8.19. The number of carbonyl (C=O) groups excluding carboxylic acids is 2. The topological polar surface area (TPSA) is 86.8 Å². The zero-order valence-corrected chi connectivity index (χ0v) is 21.8. The molecule has 2 aromatic rings. The Morgan fingerprint density at radius 1 is 1.12 bits per heavy atom. The maximum atomic E-state index is 13.5. The third-order valence-electron chi connectivity index (χ3n) is 5.04. The van der Waals surface area contributed by atoms with E-state index in [1.807, 2.05) is 20.8 Å². The molecule has 186 valence electrons. The van der Waals surface area contributed by atoms with Crippen molar-refractivity contribution >= 4 is 39.1 Å². The van der Waals surface area contributed by atoms with Crippen LogP contribution in [0.1, 0.15) is 38.8 Å². The summed E-state index contributed by atoms with van der Waals surface area (Å²) < 4.78 is 39.6. The number of rotatable bonds is 8. The highest BCUT2D eigenvalue weighted by molar-refractivity contribution is 7.92. The first kappa shape index (κ1) is 27.6. The molecule has 1 atom stereocenters. The maximum Gasteiger partial charge on any atom is 0.244 e. The van der Waals surface area contributed by atoms with Gasteiger partial charge in [0, 0.05) is 17.1 Å². The standard InChI is InChI=1S/C24H31ClFN3O4S/c1-16-13-19(25)9-12-21(16)29(34(6,32)33)15-22(30)28(14-18-7-10-20(26)11-8-18)17(2)23(31)27-24(3,4)5/h7-13,17H,14-15H2,1-6H3,(H,27,31)/t17-/m1/s1. The second-order valence-corrected chi connectivity index (χ2v) is 11.6. The number of hydrogen-bond acceptors (Lipinski definition) is 4. The molecule has 0 unspecified atom stereocenters. The van der Waals surface area contributed by atoms with Crippen LogP contribution in [0.25, 0.3) is 0 Å². The molecule has 0 aliphatic carbocycles. The Hall–Kier alpha value is -2.65. The third-order valence-corrected chi connectivity index (χ3v) is 6.40. The largest absolute Gasteiger partial charge is 0.350 e. The van der Waals surface area contributed by atoms with Crippen LogP contribution >= 0.6 is 11.6 Å².